The smallest absolute Gasteiger partial charge is 0.339 e. The predicted octanol–water partition coefficient (Wildman–Crippen LogP) is 3.16. The number of carbonyl (C=O) groups excluding carboxylic acids is 1. The van der Waals surface area contributed by atoms with E-state index in [1.54, 1.807) is 24.3 Å². The molecular weight excluding hydrogens is 248 g/mol. The Labute approximate surface area is 111 Å². The summed E-state index contributed by atoms with van der Waals surface area (Å²) in [5.74, 6) is 0.141. The molecule has 0 aromatic heterocycles. The van der Waals surface area contributed by atoms with Crippen LogP contribution in [0.1, 0.15) is 44.5 Å². The van der Waals surface area contributed by atoms with Crippen LogP contribution in [0, 0.1) is 0 Å². The molecule has 0 N–H and O–H groups in total. The molecule has 0 amide bonds. The van der Waals surface area contributed by atoms with Crippen molar-refractivity contribution in [3.8, 4) is 0 Å². The van der Waals surface area contributed by atoms with Gasteiger partial charge in [-0.15, -0.1) is 0 Å². The number of ether oxygens (including phenoxy) is 1. The van der Waals surface area contributed by atoms with Gasteiger partial charge in [0.2, 0.25) is 0 Å². The van der Waals surface area contributed by atoms with Crippen molar-refractivity contribution in [2.45, 2.75) is 44.6 Å². The highest BCUT2D eigenvalue weighted by molar-refractivity contribution is 7.85. The molecule has 3 nitrogen and oxygen atoms in total. The van der Waals surface area contributed by atoms with E-state index >= 15 is 0 Å². The van der Waals surface area contributed by atoms with Gasteiger partial charge >= 0.3 is 5.97 Å². The SMILES string of the molecule is CCCS(=O)c1ccccc1C(=O)OC(C)(C)C. The minimum atomic E-state index is -1.14. The predicted molar refractivity (Wildman–Crippen MR) is 73.2 cm³/mol. The van der Waals surface area contributed by atoms with Crippen molar-refractivity contribution in [1.29, 1.82) is 0 Å². The summed E-state index contributed by atoms with van der Waals surface area (Å²) >= 11 is 0. The van der Waals surface area contributed by atoms with Gasteiger partial charge in [-0.3, -0.25) is 4.21 Å². The number of hydrogen-bond acceptors (Lipinski definition) is 3. The van der Waals surface area contributed by atoms with Crippen LogP contribution in [0.25, 0.3) is 0 Å². The van der Waals surface area contributed by atoms with Crippen molar-refractivity contribution in [1.82, 2.24) is 0 Å². The fourth-order valence-corrected chi connectivity index (χ4v) is 2.68. The maximum atomic E-state index is 12.0. The standard InChI is InChI=1S/C14H20O3S/c1-5-10-18(16)12-9-7-6-8-11(12)13(15)17-14(2,3)4/h6-9H,5,10H2,1-4H3. The summed E-state index contributed by atoms with van der Waals surface area (Å²) in [5.41, 5.74) is -0.143. The van der Waals surface area contributed by atoms with E-state index in [1.165, 1.54) is 0 Å². The lowest BCUT2D eigenvalue weighted by atomic mass is 10.1. The van der Waals surface area contributed by atoms with E-state index in [9.17, 15) is 9.00 Å². The van der Waals surface area contributed by atoms with Gasteiger partial charge in [0.05, 0.1) is 21.3 Å². The zero-order chi connectivity index (χ0) is 13.8. The summed E-state index contributed by atoms with van der Waals surface area (Å²) in [6.07, 6.45) is 0.815. The van der Waals surface area contributed by atoms with E-state index in [2.05, 4.69) is 0 Å². The van der Waals surface area contributed by atoms with E-state index in [4.69, 9.17) is 4.74 Å². The number of rotatable bonds is 4. The maximum absolute atomic E-state index is 12.0. The molecule has 0 fully saturated rings. The first kappa shape index (κ1) is 14.9. The summed E-state index contributed by atoms with van der Waals surface area (Å²) in [4.78, 5) is 12.6. The number of esters is 1. The Kier molecular flexibility index (Phi) is 5.08. The van der Waals surface area contributed by atoms with Crippen molar-refractivity contribution >= 4 is 16.8 Å². The Hall–Kier alpha value is -1.16. The van der Waals surface area contributed by atoms with Crippen LogP contribution >= 0.6 is 0 Å². The highest BCUT2D eigenvalue weighted by Gasteiger charge is 2.21. The van der Waals surface area contributed by atoms with Crippen LogP contribution in [0.3, 0.4) is 0 Å². The lowest BCUT2D eigenvalue weighted by molar-refractivity contribution is 0.00654. The molecule has 1 atom stereocenters. The molecule has 0 saturated heterocycles. The first-order chi connectivity index (χ1) is 8.35. The van der Waals surface area contributed by atoms with Crippen LogP contribution < -0.4 is 0 Å². The lowest BCUT2D eigenvalue weighted by Gasteiger charge is -2.20. The molecule has 1 aromatic rings. The second-order valence-electron chi connectivity index (χ2n) is 5.05. The van der Waals surface area contributed by atoms with Gasteiger partial charge in [-0.25, -0.2) is 4.79 Å². The highest BCUT2D eigenvalue weighted by Crippen LogP contribution is 2.18. The van der Waals surface area contributed by atoms with Gasteiger partial charge in [0.15, 0.2) is 0 Å². The topological polar surface area (TPSA) is 43.4 Å². The molecule has 0 radical (unpaired) electrons. The minimum absolute atomic E-state index is 0.402. The largest absolute Gasteiger partial charge is 0.456 e. The van der Waals surface area contributed by atoms with Crippen LogP contribution in [0.4, 0.5) is 0 Å². The molecule has 100 valence electrons. The van der Waals surface area contributed by atoms with Crippen LogP contribution in [-0.2, 0) is 15.5 Å². The van der Waals surface area contributed by atoms with Crippen LogP contribution in [0.15, 0.2) is 29.2 Å². The number of benzene rings is 1. The molecule has 0 spiro atoms. The maximum Gasteiger partial charge on any atom is 0.339 e. The van der Waals surface area contributed by atoms with E-state index in [0.717, 1.165) is 6.42 Å². The molecule has 18 heavy (non-hydrogen) atoms. The van der Waals surface area contributed by atoms with Crippen molar-refractivity contribution in [3.05, 3.63) is 29.8 Å². The Bertz CT molecular complexity index is 447. The van der Waals surface area contributed by atoms with E-state index in [0.29, 0.717) is 16.2 Å². The Morgan fingerprint density at radius 3 is 2.44 bits per heavy atom. The molecule has 0 aliphatic heterocycles. The molecule has 0 heterocycles. The monoisotopic (exact) mass is 268 g/mol. The first-order valence-electron chi connectivity index (χ1n) is 6.06. The fraction of sp³-hybridized carbons (Fsp3) is 0.500. The molecular formula is C14H20O3S. The van der Waals surface area contributed by atoms with Gasteiger partial charge in [-0.2, -0.15) is 0 Å². The van der Waals surface area contributed by atoms with Gasteiger partial charge in [0, 0.05) is 5.75 Å². The molecule has 4 heteroatoms. The Morgan fingerprint density at radius 2 is 1.89 bits per heavy atom. The van der Waals surface area contributed by atoms with Crippen molar-refractivity contribution in [2.24, 2.45) is 0 Å². The van der Waals surface area contributed by atoms with Gasteiger partial charge in [-0.05, 0) is 39.3 Å². The van der Waals surface area contributed by atoms with E-state index < -0.39 is 22.4 Å². The van der Waals surface area contributed by atoms with Crippen molar-refractivity contribution in [3.63, 3.8) is 0 Å². The highest BCUT2D eigenvalue weighted by atomic mass is 32.2. The van der Waals surface area contributed by atoms with Gasteiger partial charge < -0.3 is 4.74 Å². The van der Waals surface area contributed by atoms with Gasteiger partial charge in [0.1, 0.15) is 5.60 Å². The normalized spacial score (nSPS) is 13.1. The molecule has 0 aliphatic carbocycles. The minimum Gasteiger partial charge on any atom is -0.456 e. The van der Waals surface area contributed by atoms with Crippen molar-refractivity contribution in [2.75, 3.05) is 5.75 Å². The zero-order valence-corrected chi connectivity index (χ0v) is 12.2. The molecule has 1 unspecified atom stereocenters. The second kappa shape index (κ2) is 6.14. The van der Waals surface area contributed by atoms with Crippen LogP contribution in [0.2, 0.25) is 0 Å². The summed E-state index contributed by atoms with van der Waals surface area (Å²) < 4.78 is 17.4. The molecule has 0 bridgehead atoms. The summed E-state index contributed by atoms with van der Waals surface area (Å²) in [6, 6.07) is 6.94. The van der Waals surface area contributed by atoms with Crippen molar-refractivity contribution < 1.29 is 13.7 Å². The summed E-state index contributed by atoms with van der Waals surface area (Å²) in [7, 11) is -1.14. The lowest BCUT2D eigenvalue weighted by Crippen LogP contribution is -2.24. The third-order valence-corrected chi connectivity index (χ3v) is 3.77. The summed E-state index contributed by atoms with van der Waals surface area (Å²) in [5, 5.41) is 0. The third kappa shape index (κ3) is 4.26. The quantitative estimate of drug-likeness (QED) is 0.788. The zero-order valence-electron chi connectivity index (χ0n) is 11.4. The molecule has 0 saturated carbocycles. The summed E-state index contributed by atoms with van der Waals surface area (Å²) in [6.45, 7) is 7.41. The fourth-order valence-electron chi connectivity index (χ4n) is 1.46. The van der Waals surface area contributed by atoms with Gasteiger partial charge in [0.25, 0.3) is 0 Å². The van der Waals surface area contributed by atoms with E-state index in [-0.39, 0.29) is 0 Å². The average Bonchev–Trinajstić information content (AvgIpc) is 2.27. The molecule has 0 aliphatic rings. The van der Waals surface area contributed by atoms with E-state index in [1.807, 2.05) is 27.7 Å². The number of carbonyl (C=O) groups is 1. The third-order valence-electron chi connectivity index (χ3n) is 2.14. The second-order valence-corrected chi connectivity index (χ2v) is 6.59. The average molecular weight is 268 g/mol. The van der Waals surface area contributed by atoms with Crippen LogP contribution in [0.5, 0.6) is 0 Å². The first-order valence-corrected chi connectivity index (χ1v) is 7.38. The van der Waals surface area contributed by atoms with Gasteiger partial charge in [-0.1, -0.05) is 19.1 Å². The Balaban J connectivity index is 3.02. The molecule has 1 aromatic carbocycles. The van der Waals surface area contributed by atoms with Crippen LogP contribution in [-0.4, -0.2) is 21.5 Å². The number of hydrogen-bond donors (Lipinski definition) is 0. The molecule has 1 rings (SSSR count). The Morgan fingerprint density at radius 1 is 1.28 bits per heavy atom.